The van der Waals surface area contributed by atoms with Crippen LogP contribution in [0.25, 0.3) is 0 Å². The molecule has 1 fully saturated rings. The van der Waals surface area contributed by atoms with Crippen molar-refractivity contribution in [1.82, 2.24) is 10.2 Å². The maximum absolute atomic E-state index is 12.8. The molecule has 1 aliphatic rings. The van der Waals surface area contributed by atoms with Crippen molar-refractivity contribution in [3.63, 3.8) is 0 Å². The normalized spacial score (nSPS) is 13.1. The summed E-state index contributed by atoms with van der Waals surface area (Å²) in [6.45, 7) is 2.03. The lowest BCUT2D eigenvalue weighted by atomic mass is 10.1. The lowest BCUT2D eigenvalue weighted by Gasteiger charge is -2.15. The Labute approximate surface area is 179 Å². The molecule has 0 unspecified atom stereocenters. The smallest absolute Gasteiger partial charge is 0.324 e. The highest BCUT2D eigenvalue weighted by molar-refractivity contribution is 6.06. The van der Waals surface area contributed by atoms with Crippen LogP contribution in [0.3, 0.4) is 0 Å². The van der Waals surface area contributed by atoms with E-state index in [0.29, 0.717) is 22.6 Å². The average Bonchev–Trinajstić information content (AvgIpc) is 3.09. The third-order valence-electron chi connectivity index (χ3n) is 4.90. The highest BCUT2D eigenvalue weighted by atomic mass is 16.5. The molecule has 0 radical (unpaired) electrons. The van der Waals surface area contributed by atoms with Gasteiger partial charge in [0.05, 0.1) is 13.1 Å². The quantitative estimate of drug-likeness (QED) is 0.594. The molecule has 156 valence electrons. The Morgan fingerprint density at radius 3 is 2.26 bits per heavy atom. The number of ether oxygens (including phenoxy) is 1. The van der Waals surface area contributed by atoms with Gasteiger partial charge in [0, 0.05) is 11.3 Å². The fourth-order valence-electron chi connectivity index (χ4n) is 3.21. The van der Waals surface area contributed by atoms with Crippen LogP contribution in [0, 0.1) is 6.92 Å². The van der Waals surface area contributed by atoms with Crippen LogP contribution in [0.4, 0.5) is 10.5 Å². The van der Waals surface area contributed by atoms with Gasteiger partial charge >= 0.3 is 6.03 Å². The molecule has 31 heavy (non-hydrogen) atoms. The van der Waals surface area contributed by atoms with Gasteiger partial charge in [0.1, 0.15) is 11.5 Å². The minimum Gasteiger partial charge on any atom is -0.457 e. The third-order valence-corrected chi connectivity index (χ3v) is 4.90. The highest BCUT2D eigenvalue weighted by Crippen LogP contribution is 2.24. The van der Waals surface area contributed by atoms with Crippen LogP contribution >= 0.6 is 0 Å². The topological polar surface area (TPSA) is 87.7 Å². The number of carbonyl (C=O) groups excluding carboxylic acids is 3. The van der Waals surface area contributed by atoms with Crippen molar-refractivity contribution in [3.8, 4) is 11.5 Å². The lowest BCUT2D eigenvalue weighted by molar-refractivity contribution is -0.125. The van der Waals surface area contributed by atoms with E-state index < -0.39 is 6.03 Å². The van der Waals surface area contributed by atoms with Crippen molar-refractivity contribution in [2.45, 2.75) is 13.5 Å². The van der Waals surface area contributed by atoms with E-state index in [9.17, 15) is 14.4 Å². The Morgan fingerprint density at radius 2 is 1.61 bits per heavy atom. The number of nitrogens with zero attached hydrogens (tertiary/aromatic N) is 1. The van der Waals surface area contributed by atoms with Gasteiger partial charge in [-0.25, -0.2) is 4.79 Å². The number of carbonyl (C=O) groups is 3. The Morgan fingerprint density at radius 1 is 0.968 bits per heavy atom. The summed E-state index contributed by atoms with van der Waals surface area (Å²) in [6, 6.07) is 21.2. The fourth-order valence-corrected chi connectivity index (χ4v) is 3.21. The molecule has 0 bridgehead atoms. The van der Waals surface area contributed by atoms with E-state index in [2.05, 4.69) is 10.6 Å². The number of amides is 4. The molecule has 0 aromatic heterocycles. The number of anilines is 1. The van der Waals surface area contributed by atoms with E-state index in [4.69, 9.17) is 4.74 Å². The molecule has 2 N–H and O–H groups in total. The number of hydrogen-bond donors (Lipinski definition) is 2. The first-order valence-corrected chi connectivity index (χ1v) is 9.81. The maximum Gasteiger partial charge on any atom is 0.324 e. The van der Waals surface area contributed by atoms with Gasteiger partial charge < -0.3 is 15.4 Å². The summed E-state index contributed by atoms with van der Waals surface area (Å²) in [5.74, 6) is 0.747. The predicted molar refractivity (Wildman–Crippen MR) is 116 cm³/mol. The van der Waals surface area contributed by atoms with E-state index in [-0.39, 0.29) is 24.9 Å². The Hall–Kier alpha value is -4.13. The molecule has 3 aromatic rings. The summed E-state index contributed by atoms with van der Waals surface area (Å²) in [6.07, 6.45) is 0. The van der Waals surface area contributed by atoms with Crippen LogP contribution in [-0.2, 0) is 11.3 Å². The molecule has 0 saturated carbocycles. The summed E-state index contributed by atoms with van der Waals surface area (Å²) in [5.41, 5.74) is 2.74. The summed E-state index contributed by atoms with van der Waals surface area (Å²) < 4.78 is 5.80. The molecular weight excluding hydrogens is 394 g/mol. The first kappa shape index (κ1) is 20.2. The molecule has 4 amide bonds. The van der Waals surface area contributed by atoms with Crippen molar-refractivity contribution >= 4 is 23.5 Å². The molecule has 1 saturated heterocycles. The second-order valence-electron chi connectivity index (χ2n) is 7.19. The van der Waals surface area contributed by atoms with Gasteiger partial charge in [0.25, 0.3) is 5.91 Å². The molecule has 0 aliphatic carbocycles. The lowest BCUT2D eigenvalue weighted by Crippen LogP contribution is -2.31. The number of hydrogen-bond acceptors (Lipinski definition) is 4. The van der Waals surface area contributed by atoms with Gasteiger partial charge in [-0.3, -0.25) is 14.5 Å². The second kappa shape index (κ2) is 8.71. The van der Waals surface area contributed by atoms with Crippen molar-refractivity contribution in [1.29, 1.82) is 0 Å². The van der Waals surface area contributed by atoms with E-state index in [1.54, 1.807) is 48.5 Å². The van der Waals surface area contributed by atoms with Gasteiger partial charge in [0.15, 0.2) is 0 Å². The summed E-state index contributed by atoms with van der Waals surface area (Å²) in [4.78, 5) is 37.6. The Kier molecular flexibility index (Phi) is 5.66. The maximum atomic E-state index is 12.8. The van der Waals surface area contributed by atoms with Crippen molar-refractivity contribution in [2.75, 3.05) is 11.9 Å². The predicted octanol–water partition coefficient (Wildman–Crippen LogP) is 4.09. The van der Waals surface area contributed by atoms with E-state index in [0.717, 1.165) is 16.2 Å². The Bertz CT molecular complexity index is 1110. The SMILES string of the molecule is Cc1ccc(Oc2ccc(NC(=O)c3ccccc3CN3C(=O)CNC3=O)cc2)cc1. The number of aryl methyl sites for hydroxylation is 1. The van der Waals surface area contributed by atoms with Gasteiger partial charge in [-0.1, -0.05) is 35.9 Å². The molecule has 0 spiro atoms. The molecule has 1 aliphatic heterocycles. The molecule has 4 rings (SSSR count). The minimum absolute atomic E-state index is 0.0236. The largest absolute Gasteiger partial charge is 0.457 e. The first-order valence-electron chi connectivity index (χ1n) is 9.81. The molecule has 7 heteroatoms. The van der Waals surface area contributed by atoms with Crippen LogP contribution in [0.2, 0.25) is 0 Å². The number of nitrogens with one attached hydrogen (secondary N) is 2. The molecule has 7 nitrogen and oxygen atoms in total. The van der Waals surface area contributed by atoms with E-state index >= 15 is 0 Å². The van der Waals surface area contributed by atoms with Crippen molar-refractivity contribution < 1.29 is 19.1 Å². The van der Waals surface area contributed by atoms with Gasteiger partial charge in [-0.15, -0.1) is 0 Å². The van der Waals surface area contributed by atoms with Gasteiger partial charge in [0.2, 0.25) is 5.91 Å². The summed E-state index contributed by atoms with van der Waals surface area (Å²) in [7, 11) is 0. The van der Waals surface area contributed by atoms with Crippen LogP contribution < -0.4 is 15.4 Å². The molecular formula is C24H21N3O4. The van der Waals surface area contributed by atoms with Crippen molar-refractivity contribution in [2.24, 2.45) is 0 Å². The highest BCUT2D eigenvalue weighted by Gasteiger charge is 2.29. The van der Waals surface area contributed by atoms with E-state index in [1.807, 2.05) is 31.2 Å². The second-order valence-corrected chi connectivity index (χ2v) is 7.19. The van der Waals surface area contributed by atoms with E-state index in [1.165, 1.54) is 0 Å². The summed E-state index contributed by atoms with van der Waals surface area (Å²) >= 11 is 0. The zero-order valence-corrected chi connectivity index (χ0v) is 16.9. The van der Waals surface area contributed by atoms with Gasteiger partial charge in [-0.05, 0) is 55.0 Å². The van der Waals surface area contributed by atoms with Crippen LogP contribution in [-0.4, -0.2) is 29.3 Å². The number of urea groups is 1. The number of rotatable bonds is 6. The third kappa shape index (κ3) is 4.72. The molecule has 3 aromatic carbocycles. The minimum atomic E-state index is -0.454. The molecule has 1 heterocycles. The average molecular weight is 415 g/mol. The zero-order valence-electron chi connectivity index (χ0n) is 16.9. The Balaban J connectivity index is 1.44. The monoisotopic (exact) mass is 415 g/mol. The van der Waals surface area contributed by atoms with Crippen LogP contribution in [0.15, 0.2) is 72.8 Å². The number of imide groups is 1. The molecule has 0 atom stereocenters. The standard InChI is InChI=1S/C24H21N3O4/c1-16-6-10-19(11-7-16)31-20-12-8-18(9-13-20)26-23(29)21-5-3-2-4-17(21)15-27-22(28)14-25-24(27)30/h2-13H,14-15H2,1H3,(H,25,30)(H,26,29). The van der Waals surface area contributed by atoms with Crippen LogP contribution in [0.1, 0.15) is 21.5 Å². The zero-order chi connectivity index (χ0) is 21.8. The summed E-state index contributed by atoms with van der Waals surface area (Å²) in [5, 5.41) is 5.32. The van der Waals surface area contributed by atoms with Gasteiger partial charge in [-0.2, -0.15) is 0 Å². The van der Waals surface area contributed by atoms with Crippen molar-refractivity contribution in [3.05, 3.63) is 89.5 Å². The first-order chi connectivity index (χ1) is 15.0. The number of benzene rings is 3. The fraction of sp³-hybridized carbons (Fsp3) is 0.125. The van der Waals surface area contributed by atoms with Crippen LogP contribution in [0.5, 0.6) is 11.5 Å².